The van der Waals surface area contributed by atoms with Gasteiger partial charge in [-0.2, -0.15) is 5.10 Å². The summed E-state index contributed by atoms with van der Waals surface area (Å²) < 4.78 is 1.79. The van der Waals surface area contributed by atoms with E-state index in [-0.39, 0.29) is 17.4 Å². The van der Waals surface area contributed by atoms with Gasteiger partial charge < -0.3 is 15.3 Å². The van der Waals surface area contributed by atoms with E-state index < -0.39 is 5.97 Å². The van der Waals surface area contributed by atoms with E-state index in [1.54, 1.807) is 17.1 Å². The van der Waals surface area contributed by atoms with E-state index in [0.29, 0.717) is 5.69 Å². The number of nitrogens with one attached hydrogen (secondary N) is 1. The van der Waals surface area contributed by atoms with Gasteiger partial charge in [0.05, 0.1) is 29.9 Å². The molecule has 1 aromatic heterocycles. The molecule has 0 fully saturated rings. The predicted octanol–water partition coefficient (Wildman–Crippen LogP) is 0.981. The normalized spacial score (nSPS) is 10.8. The molecule has 0 saturated carbocycles. The molecule has 1 aromatic rings. The molecule has 0 aliphatic rings. The van der Waals surface area contributed by atoms with Gasteiger partial charge in [-0.15, -0.1) is 11.8 Å². The Labute approximate surface area is 128 Å². The van der Waals surface area contributed by atoms with Gasteiger partial charge in [0, 0.05) is 12.7 Å². The number of amides is 1. The van der Waals surface area contributed by atoms with Crippen LogP contribution >= 0.6 is 11.8 Å². The van der Waals surface area contributed by atoms with Crippen molar-refractivity contribution in [3.63, 3.8) is 0 Å². The molecule has 0 aliphatic heterocycles. The number of carbonyl (C=O) groups is 2. The lowest BCUT2D eigenvalue weighted by molar-refractivity contribution is -0.133. The van der Waals surface area contributed by atoms with Crippen LogP contribution in [0.4, 0.5) is 5.69 Å². The van der Waals surface area contributed by atoms with Crippen molar-refractivity contribution in [2.24, 2.45) is 0 Å². The fourth-order valence-electron chi connectivity index (χ4n) is 1.76. The molecule has 0 atom stereocenters. The van der Waals surface area contributed by atoms with Crippen molar-refractivity contribution in [1.82, 2.24) is 14.7 Å². The van der Waals surface area contributed by atoms with Crippen molar-refractivity contribution in [2.75, 3.05) is 36.5 Å². The van der Waals surface area contributed by atoms with E-state index in [1.807, 2.05) is 0 Å². The molecule has 118 valence electrons. The number of nitrogens with zero attached hydrogens (tertiary/aromatic N) is 3. The number of rotatable bonds is 10. The number of anilines is 1. The minimum Gasteiger partial charge on any atom is -0.481 e. The quantitative estimate of drug-likeness (QED) is 0.669. The Bertz CT molecular complexity index is 460. The molecular formula is C13H22N4O3S. The summed E-state index contributed by atoms with van der Waals surface area (Å²) in [5.41, 5.74) is 0.635. The van der Waals surface area contributed by atoms with Crippen LogP contribution in [0.15, 0.2) is 12.4 Å². The Balaban J connectivity index is 2.34. The monoisotopic (exact) mass is 314 g/mol. The molecular weight excluding hydrogens is 292 g/mol. The van der Waals surface area contributed by atoms with Crippen molar-refractivity contribution in [3.05, 3.63) is 12.4 Å². The Hall–Kier alpha value is -1.54. The summed E-state index contributed by atoms with van der Waals surface area (Å²) in [4.78, 5) is 24.2. The van der Waals surface area contributed by atoms with Crippen LogP contribution in [0.3, 0.4) is 0 Å². The largest absolute Gasteiger partial charge is 0.481 e. The summed E-state index contributed by atoms with van der Waals surface area (Å²) in [5, 5.41) is 15.4. The molecule has 21 heavy (non-hydrogen) atoms. The molecule has 1 rings (SSSR count). The first-order chi connectivity index (χ1) is 10.0. The van der Waals surface area contributed by atoms with E-state index in [1.165, 1.54) is 0 Å². The highest BCUT2D eigenvalue weighted by molar-refractivity contribution is 8.00. The maximum atomic E-state index is 11.6. The lowest BCUT2D eigenvalue weighted by atomic mass is 10.4. The van der Waals surface area contributed by atoms with Gasteiger partial charge in [0.25, 0.3) is 0 Å². The zero-order valence-corrected chi connectivity index (χ0v) is 13.2. The molecule has 0 unspecified atom stereocenters. The summed E-state index contributed by atoms with van der Waals surface area (Å²) in [6.07, 6.45) is 3.38. The molecule has 7 nitrogen and oxygen atoms in total. The average Bonchev–Trinajstić information content (AvgIpc) is 2.87. The average molecular weight is 314 g/mol. The van der Waals surface area contributed by atoms with Gasteiger partial charge >= 0.3 is 5.97 Å². The van der Waals surface area contributed by atoms with Crippen molar-refractivity contribution in [3.8, 4) is 0 Å². The summed E-state index contributed by atoms with van der Waals surface area (Å²) in [6, 6.07) is 0. The number of carboxylic acid groups (broad SMARTS) is 1. The smallest absolute Gasteiger partial charge is 0.313 e. The first-order valence-electron chi connectivity index (χ1n) is 6.89. The summed E-state index contributed by atoms with van der Waals surface area (Å²) in [5.74, 6) is -1.09. The second kappa shape index (κ2) is 9.41. The lowest BCUT2D eigenvalue weighted by Gasteiger charge is -2.17. The van der Waals surface area contributed by atoms with Crippen LogP contribution in [0.1, 0.15) is 13.8 Å². The second-order valence-corrected chi connectivity index (χ2v) is 5.44. The van der Waals surface area contributed by atoms with Crippen LogP contribution in [0, 0.1) is 0 Å². The van der Waals surface area contributed by atoms with Crippen LogP contribution in [-0.2, 0) is 16.1 Å². The SMILES string of the molecule is CCN(CC)CCn1cc(NC(=O)CSCC(=O)O)cn1. The van der Waals surface area contributed by atoms with Gasteiger partial charge in [-0.1, -0.05) is 13.8 Å². The number of carbonyl (C=O) groups excluding carboxylic acids is 1. The molecule has 0 radical (unpaired) electrons. The molecule has 0 aliphatic carbocycles. The van der Waals surface area contributed by atoms with Gasteiger partial charge in [0.1, 0.15) is 0 Å². The van der Waals surface area contributed by atoms with E-state index in [9.17, 15) is 9.59 Å². The molecule has 0 bridgehead atoms. The maximum Gasteiger partial charge on any atom is 0.313 e. The van der Waals surface area contributed by atoms with Crippen LogP contribution < -0.4 is 5.32 Å². The van der Waals surface area contributed by atoms with Crippen LogP contribution in [0.5, 0.6) is 0 Å². The van der Waals surface area contributed by atoms with Crippen molar-refractivity contribution < 1.29 is 14.7 Å². The first kappa shape index (κ1) is 17.5. The standard InChI is InChI=1S/C13H22N4O3S/c1-3-16(4-2)5-6-17-8-11(7-14-17)15-12(18)9-21-10-13(19)20/h7-8H,3-6,9-10H2,1-2H3,(H,15,18)(H,19,20). The van der Waals surface area contributed by atoms with Crippen LogP contribution in [0.2, 0.25) is 0 Å². The highest BCUT2D eigenvalue weighted by atomic mass is 32.2. The topological polar surface area (TPSA) is 87.5 Å². The minimum absolute atomic E-state index is 0.0729. The number of thioether (sulfide) groups is 1. The van der Waals surface area contributed by atoms with Crippen molar-refractivity contribution >= 4 is 29.3 Å². The van der Waals surface area contributed by atoms with Gasteiger partial charge in [-0.25, -0.2) is 0 Å². The van der Waals surface area contributed by atoms with E-state index in [0.717, 1.165) is 37.9 Å². The third-order valence-corrected chi connectivity index (χ3v) is 3.83. The van der Waals surface area contributed by atoms with Gasteiger partial charge in [-0.05, 0) is 13.1 Å². The van der Waals surface area contributed by atoms with E-state index in [2.05, 4.69) is 29.2 Å². The number of hydrogen-bond donors (Lipinski definition) is 2. The molecule has 1 amide bonds. The zero-order valence-electron chi connectivity index (χ0n) is 12.4. The number of likely N-dealkylation sites (N-methyl/N-ethyl adjacent to an activating group) is 1. The van der Waals surface area contributed by atoms with E-state index in [4.69, 9.17) is 5.11 Å². The Morgan fingerprint density at radius 1 is 1.38 bits per heavy atom. The molecule has 0 aromatic carbocycles. The molecule has 1 heterocycles. The third-order valence-electron chi connectivity index (χ3n) is 2.92. The lowest BCUT2D eigenvalue weighted by Crippen LogP contribution is -2.27. The highest BCUT2D eigenvalue weighted by Gasteiger charge is 2.07. The number of aromatic nitrogens is 2. The van der Waals surface area contributed by atoms with Crippen molar-refractivity contribution in [1.29, 1.82) is 0 Å². The fraction of sp³-hybridized carbons (Fsp3) is 0.615. The Kier molecular flexibility index (Phi) is 7.84. The zero-order chi connectivity index (χ0) is 15.7. The summed E-state index contributed by atoms with van der Waals surface area (Å²) in [6.45, 7) is 7.92. The minimum atomic E-state index is -0.919. The van der Waals surface area contributed by atoms with Crippen molar-refractivity contribution in [2.45, 2.75) is 20.4 Å². The summed E-state index contributed by atoms with van der Waals surface area (Å²) >= 11 is 1.07. The van der Waals surface area contributed by atoms with E-state index >= 15 is 0 Å². The van der Waals surface area contributed by atoms with Crippen LogP contribution in [-0.4, -0.2) is 62.8 Å². The van der Waals surface area contributed by atoms with Crippen LogP contribution in [0.25, 0.3) is 0 Å². The molecule has 0 saturated heterocycles. The van der Waals surface area contributed by atoms with Gasteiger partial charge in [0.2, 0.25) is 5.91 Å². The molecule has 0 spiro atoms. The predicted molar refractivity (Wildman–Crippen MR) is 83.6 cm³/mol. The van der Waals surface area contributed by atoms with Gasteiger partial charge in [0.15, 0.2) is 0 Å². The number of aliphatic carboxylic acids is 1. The second-order valence-electron chi connectivity index (χ2n) is 4.45. The molecule has 8 heteroatoms. The summed E-state index contributed by atoms with van der Waals surface area (Å²) in [7, 11) is 0. The third kappa shape index (κ3) is 7.14. The first-order valence-corrected chi connectivity index (χ1v) is 8.04. The number of carboxylic acids is 1. The Morgan fingerprint density at radius 3 is 2.71 bits per heavy atom. The highest BCUT2D eigenvalue weighted by Crippen LogP contribution is 2.07. The fourth-order valence-corrected chi connectivity index (χ4v) is 2.30. The number of hydrogen-bond acceptors (Lipinski definition) is 5. The Morgan fingerprint density at radius 2 is 2.10 bits per heavy atom. The van der Waals surface area contributed by atoms with Gasteiger partial charge in [-0.3, -0.25) is 14.3 Å². The molecule has 2 N–H and O–H groups in total. The maximum absolute atomic E-state index is 11.6.